The number of hydrogen-bond donors (Lipinski definition) is 1. The van der Waals surface area contributed by atoms with E-state index in [1.807, 2.05) is 34.1 Å². The molecule has 41 heavy (non-hydrogen) atoms. The van der Waals surface area contributed by atoms with Gasteiger partial charge in [0.1, 0.15) is 11.9 Å². The van der Waals surface area contributed by atoms with Crippen molar-refractivity contribution in [1.29, 1.82) is 0 Å². The molecule has 216 valence electrons. The third-order valence-corrected chi connectivity index (χ3v) is 9.31. The maximum atomic E-state index is 15.2. The molecule has 0 aromatic heterocycles. The standard InChI is InChI=1S/C30H33BrFN5O4/c31-21-2-1-3-22(15-21)36-13-12-34(18-28(36)39)9-6-19-7-10-35(11-8-19)26-16-23-20(14-24(26)32)17-37(30(23)41)25-4-5-27(38)33-29(25)40/h1-3,14-16,19,25H,4-13,17-18H2,(H,33,38,40). The molecule has 11 heteroatoms. The molecule has 2 aromatic rings. The number of imide groups is 1. The SMILES string of the molecule is O=C1CCC(N2Cc3cc(F)c(N4CCC(CCN5CCN(c6cccc(Br)c6)C(=O)C5)CC4)cc3C2=O)C(=O)N1. The average Bonchev–Trinajstić information content (AvgIpc) is 3.26. The molecule has 0 radical (unpaired) electrons. The van der Waals surface area contributed by atoms with Crippen LogP contribution in [0.2, 0.25) is 0 Å². The van der Waals surface area contributed by atoms with Crippen molar-refractivity contribution in [3.63, 3.8) is 0 Å². The molecule has 4 amide bonds. The Morgan fingerprint density at radius 1 is 0.951 bits per heavy atom. The van der Waals surface area contributed by atoms with Gasteiger partial charge < -0.3 is 14.7 Å². The van der Waals surface area contributed by atoms with Crippen molar-refractivity contribution in [2.45, 2.75) is 44.7 Å². The highest BCUT2D eigenvalue weighted by molar-refractivity contribution is 9.10. The largest absolute Gasteiger partial charge is 0.369 e. The molecule has 2 aromatic carbocycles. The highest BCUT2D eigenvalue weighted by Gasteiger charge is 2.40. The summed E-state index contributed by atoms with van der Waals surface area (Å²) in [6.45, 7) is 4.34. The third-order valence-electron chi connectivity index (χ3n) is 8.82. The van der Waals surface area contributed by atoms with Crippen molar-refractivity contribution < 1.29 is 23.6 Å². The topological polar surface area (TPSA) is 93.3 Å². The molecule has 0 spiro atoms. The monoisotopic (exact) mass is 625 g/mol. The van der Waals surface area contributed by atoms with Crippen LogP contribution in [-0.4, -0.2) is 78.7 Å². The van der Waals surface area contributed by atoms with Crippen LogP contribution in [0.25, 0.3) is 0 Å². The predicted molar refractivity (Wildman–Crippen MR) is 155 cm³/mol. The van der Waals surface area contributed by atoms with Crippen molar-refractivity contribution in [3.05, 3.63) is 57.8 Å². The first-order valence-corrected chi connectivity index (χ1v) is 15.1. The molecule has 1 unspecified atom stereocenters. The molecule has 4 heterocycles. The van der Waals surface area contributed by atoms with Crippen LogP contribution < -0.4 is 15.1 Å². The zero-order chi connectivity index (χ0) is 28.7. The normalized spacial score (nSPS) is 22.4. The summed E-state index contributed by atoms with van der Waals surface area (Å²) in [6.07, 6.45) is 3.28. The number of amides is 4. The highest BCUT2D eigenvalue weighted by Crippen LogP contribution is 2.34. The lowest BCUT2D eigenvalue weighted by atomic mass is 9.92. The Labute approximate surface area is 246 Å². The number of nitrogens with zero attached hydrogens (tertiary/aromatic N) is 4. The van der Waals surface area contributed by atoms with E-state index in [1.165, 1.54) is 11.0 Å². The number of halogens is 2. The van der Waals surface area contributed by atoms with Crippen LogP contribution in [0.1, 0.15) is 48.0 Å². The summed E-state index contributed by atoms with van der Waals surface area (Å²) < 4.78 is 16.2. The van der Waals surface area contributed by atoms with Crippen LogP contribution in [0.5, 0.6) is 0 Å². The maximum absolute atomic E-state index is 15.2. The van der Waals surface area contributed by atoms with Crippen molar-refractivity contribution in [2.75, 3.05) is 49.1 Å². The van der Waals surface area contributed by atoms with Crippen LogP contribution in [0.15, 0.2) is 40.9 Å². The highest BCUT2D eigenvalue weighted by atomic mass is 79.9. The summed E-state index contributed by atoms with van der Waals surface area (Å²) in [5.74, 6) is -0.851. The number of carbonyl (C=O) groups is 4. The lowest BCUT2D eigenvalue weighted by molar-refractivity contribution is -0.137. The van der Waals surface area contributed by atoms with Gasteiger partial charge in [-0.3, -0.25) is 29.4 Å². The van der Waals surface area contributed by atoms with E-state index in [4.69, 9.17) is 0 Å². The van der Waals surface area contributed by atoms with Crippen molar-refractivity contribution in [1.82, 2.24) is 15.1 Å². The summed E-state index contributed by atoms with van der Waals surface area (Å²) in [6, 6.07) is 10.2. The first-order chi connectivity index (χ1) is 19.8. The molecule has 0 aliphatic carbocycles. The molecule has 3 saturated heterocycles. The zero-order valence-corrected chi connectivity index (χ0v) is 24.4. The number of benzene rings is 2. The Kier molecular flexibility index (Phi) is 7.82. The third kappa shape index (κ3) is 5.74. The fourth-order valence-corrected chi connectivity index (χ4v) is 6.86. The van der Waals surface area contributed by atoms with Gasteiger partial charge in [0.05, 0.1) is 12.2 Å². The molecule has 1 atom stereocenters. The molecule has 9 nitrogen and oxygen atoms in total. The molecule has 3 fully saturated rings. The van der Waals surface area contributed by atoms with Gasteiger partial charge >= 0.3 is 0 Å². The van der Waals surface area contributed by atoms with Crippen molar-refractivity contribution in [3.8, 4) is 0 Å². The summed E-state index contributed by atoms with van der Waals surface area (Å²) in [4.78, 5) is 57.4. The van der Waals surface area contributed by atoms with E-state index in [-0.39, 0.29) is 42.9 Å². The van der Waals surface area contributed by atoms with Crippen LogP contribution in [0, 0.1) is 11.7 Å². The van der Waals surface area contributed by atoms with Gasteiger partial charge in [-0.1, -0.05) is 22.0 Å². The van der Waals surface area contributed by atoms with Gasteiger partial charge in [-0.25, -0.2) is 4.39 Å². The van der Waals surface area contributed by atoms with E-state index in [0.717, 1.165) is 42.5 Å². The summed E-state index contributed by atoms with van der Waals surface area (Å²) in [7, 11) is 0. The number of nitrogens with one attached hydrogen (secondary N) is 1. The van der Waals surface area contributed by atoms with Crippen LogP contribution in [0.4, 0.5) is 15.8 Å². The smallest absolute Gasteiger partial charge is 0.255 e. The molecule has 0 saturated carbocycles. The predicted octanol–water partition coefficient (Wildman–Crippen LogP) is 3.30. The molecular weight excluding hydrogens is 593 g/mol. The Morgan fingerprint density at radius 3 is 2.49 bits per heavy atom. The van der Waals surface area contributed by atoms with Gasteiger partial charge in [-0.15, -0.1) is 0 Å². The lowest BCUT2D eigenvalue weighted by Crippen LogP contribution is -2.52. The number of hydrogen-bond acceptors (Lipinski definition) is 6. The average molecular weight is 627 g/mol. The number of piperidine rings is 2. The fraction of sp³-hybridized carbons (Fsp3) is 0.467. The van der Waals surface area contributed by atoms with E-state index < -0.39 is 11.9 Å². The Bertz CT molecular complexity index is 1390. The van der Waals surface area contributed by atoms with Gasteiger partial charge in [0.25, 0.3) is 5.91 Å². The van der Waals surface area contributed by atoms with Crippen LogP contribution in [-0.2, 0) is 20.9 Å². The van der Waals surface area contributed by atoms with Crippen molar-refractivity contribution >= 4 is 50.9 Å². The van der Waals surface area contributed by atoms with E-state index in [9.17, 15) is 19.2 Å². The minimum absolute atomic E-state index is 0.113. The van der Waals surface area contributed by atoms with Crippen LogP contribution in [0.3, 0.4) is 0 Å². The summed E-state index contributed by atoms with van der Waals surface area (Å²) >= 11 is 3.48. The minimum Gasteiger partial charge on any atom is -0.369 e. The zero-order valence-electron chi connectivity index (χ0n) is 22.8. The number of anilines is 2. The number of fused-ring (bicyclic) bond motifs is 1. The number of carbonyl (C=O) groups excluding carboxylic acids is 4. The van der Waals surface area contributed by atoms with E-state index in [0.29, 0.717) is 48.9 Å². The van der Waals surface area contributed by atoms with Gasteiger partial charge in [-0.05, 0) is 74.0 Å². The Morgan fingerprint density at radius 2 is 1.76 bits per heavy atom. The van der Waals surface area contributed by atoms with E-state index in [1.54, 1.807) is 6.07 Å². The second-order valence-corrected chi connectivity index (χ2v) is 12.3. The minimum atomic E-state index is -0.714. The molecule has 4 aliphatic heterocycles. The van der Waals surface area contributed by atoms with Crippen molar-refractivity contribution in [2.24, 2.45) is 5.92 Å². The van der Waals surface area contributed by atoms with Gasteiger partial charge in [0.2, 0.25) is 17.7 Å². The Balaban J connectivity index is 1.01. The maximum Gasteiger partial charge on any atom is 0.255 e. The number of piperazine rings is 1. The first-order valence-electron chi connectivity index (χ1n) is 14.3. The quantitative estimate of drug-likeness (QED) is 0.495. The lowest BCUT2D eigenvalue weighted by Gasteiger charge is -2.37. The fourth-order valence-electron chi connectivity index (χ4n) is 6.47. The van der Waals surface area contributed by atoms with E-state index >= 15 is 4.39 Å². The van der Waals surface area contributed by atoms with Gasteiger partial charge in [-0.2, -0.15) is 0 Å². The first kappa shape index (κ1) is 27.8. The van der Waals surface area contributed by atoms with E-state index in [2.05, 4.69) is 26.1 Å². The van der Waals surface area contributed by atoms with Crippen LogP contribution >= 0.6 is 15.9 Å². The summed E-state index contributed by atoms with van der Waals surface area (Å²) in [5.41, 5.74) is 2.35. The van der Waals surface area contributed by atoms with Gasteiger partial charge in [0.15, 0.2) is 0 Å². The molecule has 4 aliphatic rings. The summed E-state index contributed by atoms with van der Waals surface area (Å²) in [5, 5.41) is 2.30. The Hall–Kier alpha value is -3.31. The number of rotatable bonds is 6. The molecule has 0 bridgehead atoms. The molecular formula is C30H33BrFN5O4. The second-order valence-electron chi connectivity index (χ2n) is 11.4. The van der Waals surface area contributed by atoms with Gasteiger partial charge in [0, 0.05) is 54.9 Å². The molecule has 6 rings (SSSR count). The second kappa shape index (κ2) is 11.5. The molecule has 1 N–H and O–H groups in total.